The fourth-order valence-electron chi connectivity index (χ4n) is 3.98. The normalized spacial score (nSPS) is 31.1. The zero-order chi connectivity index (χ0) is 16.8. The van der Waals surface area contributed by atoms with Crippen LogP contribution in [0.25, 0.3) is 0 Å². The van der Waals surface area contributed by atoms with Crippen LogP contribution in [0.5, 0.6) is 0 Å². The van der Waals surface area contributed by atoms with Crippen LogP contribution in [0.2, 0.25) is 0 Å². The van der Waals surface area contributed by atoms with Crippen LogP contribution < -0.4 is 5.32 Å². The lowest BCUT2D eigenvalue weighted by molar-refractivity contribution is -0.126. The minimum atomic E-state index is -0.0248. The number of carbonyl (C=O) groups is 1. The molecule has 1 N–H and O–H groups in total. The van der Waals surface area contributed by atoms with E-state index in [2.05, 4.69) is 36.1 Å². The van der Waals surface area contributed by atoms with Crippen LogP contribution in [-0.4, -0.2) is 61.0 Å². The van der Waals surface area contributed by atoms with E-state index >= 15 is 0 Å². The molecule has 0 radical (unpaired) electrons. The first kappa shape index (κ1) is 18.7. The van der Waals surface area contributed by atoms with Gasteiger partial charge in [-0.15, -0.1) is 0 Å². The van der Waals surface area contributed by atoms with Gasteiger partial charge in [-0.05, 0) is 78.4 Å². The summed E-state index contributed by atoms with van der Waals surface area (Å²) in [7, 11) is 4.33. The van der Waals surface area contributed by atoms with Crippen LogP contribution in [-0.2, 0) is 4.79 Å². The summed E-state index contributed by atoms with van der Waals surface area (Å²) < 4.78 is 0. The van der Waals surface area contributed by atoms with E-state index in [-0.39, 0.29) is 11.9 Å². The van der Waals surface area contributed by atoms with Gasteiger partial charge in [-0.1, -0.05) is 13.3 Å². The molecule has 0 aromatic heterocycles. The Morgan fingerprint density at radius 1 is 1.22 bits per heavy atom. The summed E-state index contributed by atoms with van der Waals surface area (Å²) >= 11 is 0. The van der Waals surface area contributed by atoms with E-state index in [1.54, 1.807) is 0 Å². The Hall–Kier alpha value is -0.610. The number of likely N-dealkylation sites (N-methyl/N-ethyl adjacent to an activating group) is 1. The third-order valence-electron chi connectivity index (χ3n) is 6.14. The van der Waals surface area contributed by atoms with Crippen LogP contribution in [0, 0.1) is 5.92 Å². The van der Waals surface area contributed by atoms with Crippen molar-refractivity contribution in [3.05, 3.63) is 0 Å². The summed E-state index contributed by atoms with van der Waals surface area (Å²) in [5.41, 5.74) is 0. The van der Waals surface area contributed by atoms with Crippen molar-refractivity contribution in [1.82, 2.24) is 15.1 Å². The summed E-state index contributed by atoms with van der Waals surface area (Å²) in [6.07, 6.45) is 9.98. The average Bonchev–Trinajstić information content (AvgIpc) is 2.55. The molecular weight excluding hydrogens is 286 g/mol. The molecule has 2 unspecified atom stereocenters. The van der Waals surface area contributed by atoms with Crippen molar-refractivity contribution in [3.8, 4) is 0 Å². The first-order chi connectivity index (χ1) is 11.0. The van der Waals surface area contributed by atoms with Crippen molar-refractivity contribution in [2.75, 3.05) is 27.2 Å². The second-order valence-electron chi connectivity index (χ2n) is 8.04. The molecule has 1 saturated heterocycles. The number of nitrogens with one attached hydrogen (secondary N) is 1. The lowest BCUT2D eigenvalue weighted by atomic mass is 9.87. The van der Waals surface area contributed by atoms with Crippen LogP contribution in [0.15, 0.2) is 0 Å². The Bertz CT molecular complexity index is 366. The standard InChI is InChI=1S/C19H37N3O/c1-15-8-10-17(11-9-15)20-19(23)16(2)21(3)14-12-18-7-5-6-13-22(18)4/h15-18H,5-14H2,1-4H3,(H,20,23). The minimum Gasteiger partial charge on any atom is -0.352 e. The van der Waals surface area contributed by atoms with Gasteiger partial charge in [0.15, 0.2) is 0 Å². The summed E-state index contributed by atoms with van der Waals surface area (Å²) in [5, 5.41) is 3.28. The molecule has 1 saturated carbocycles. The SMILES string of the molecule is CC1CCC(NC(=O)C(C)N(C)CCC2CCCCN2C)CC1. The van der Waals surface area contributed by atoms with Gasteiger partial charge in [0.25, 0.3) is 0 Å². The van der Waals surface area contributed by atoms with E-state index in [0.29, 0.717) is 12.1 Å². The van der Waals surface area contributed by atoms with Gasteiger partial charge in [-0.25, -0.2) is 0 Å². The molecule has 2 fully saturated rings. The Labute approximate surface area is 143 Å². The highest BCUT2D eigenvalue weighted by molar-refractivity contribution is 5.81. The number of likely N-dealkylation sites (tertiary alicyclic amines) is 1. The number of carbonyl (C=O) groups excluding carboxylic acids is 1. The van der Waals surface area contributed by atoms with Gasteiger partial charge >= 0.3 is 0 Å². The molecule has 2 atom stereocenters. The maximum Gasteiger partial charge on any atom is 0.237 e. The number of nitrogens with zero attached hydrogens (tertiary/aromatic N) is 2. The largest absolute Gasteiger partial charge is 0.352 e. The van der Waals surface area contributed by atoms with Gasteiger partial charge < -0.3 is 10.2 Å². The maximum absolute atomic E-state index is 12.5. The third-order valence-corrected chi connectivity index (χ3v) is 6.14. The molecule has 4 nitrogen and oxygen atoms in total. The summed E-state index contributed by atoms with van der Waals surface area (Å²) in [6, 6.07) is 1.07. The van der Waals surface area contributed by atoms with Crippen LogP contribution in [0.4, 0.5) is 0 Å². The molecule has 1 aliphatic heterocycles. The van der Waals surface area contributed by atoms with E-state index in [1.165, 1.54) is 45.1 Å². The number of rotatable bonds is 6. The van der Waals surface area contributed by atoms with Crippen molar-refractivity contribution < 1.29 is 4.79 Å². The third kappa shape index (κ3) is 5.75. The predicted octanol–water partition coefficient (Wildman–Crippen LogP) is 2.88. The molecule has 1 heterocycles. The molecule has 0 bridgehead atoms. The Morgan fingerprint density at radius 2 is 1.91 bits per heavy atom. The van der Waals surface area contributed by atoms with Gasteiger partial charge in [0.1, 0.15) is 0 Å². The molecule has 0 aromatic carbocycles. The number of amides is 1. The fraction of sp³-hybridized carbons (Fsp3) is 0.947. The van der Waals surface area contributed by atoms with Crippen molar-refractivity contribution >= 4 is 5.91 Å². The zero-order valence-corrected chi connectivity index (χ0v) is 15.7. The van der Waals surface area contributed by atoms with Crippen LogP contribution in [0.3, 0.4) is 0 Å². The lowest BCUT2D eigenvalue weighted by Crippen LogP contribution is -2.48. The number of hydrogen-bond acceptors (Lipinski definition) is 3. The minimum absolute atomic E-state index is 0.0248. The molecule has 1 amide bonds. The molecular formula is C19H37N3O. The number of piperidine rings is 1. The van der Waals surface area contributed by atoms with Crippen molar-refractivity contribution in [2.45, 2.75) is 83.3 Å². The molecule has 4 heteroatoms. The smallest absolute Gasteiger partial charge is 0.237 e. The van der Waals surface area contributed by atoms with Crippen molar-refractivity contribution in [3.63, 3.8) is 0 Å². The highest BCUT2D eigenvalue weighted by Crippen LogP contribution is 2.23. The highest BCUT2D eigenvalue weighted by Gasteiger charge is 2.25. The molecule has 0 spiro atoms. The zero-order valence-electron chi connectivity index (χ0n) is 15.7. The molecule has 2 rings (SSSR count). The van der Waals surface area contributed by atoms with Crippen LogP contribution in [0.1, 0.15) is 65.2 Å². The Balaban J connectivity index is 1.70. The van der Waals surface area contributed by atoms with Crippen molar-refractivity contribution in [2.24, 2.45) is 5.92 Å². The van der Waals surface area contributed by atoms with Gasteiger partial charge in [-0.3, -0.25) is 9.69 Å². The van der Waals surface area contributed by atoms with E-state index in [4.69, 9.17) is 0 Å². The van der Waals surface area contributed by atoms with E-state index in [9.17, 15) is 4.79 Å². The molecule has 2 aliphatic rings. The maximum atomic E-state index is 12.5. The fourth-order valence-corrected chi connectivity index (χ4v) is 3.98. The topological polar surface area (TPSA) is 35.6 Å². The molecule has 0 aromatic rings. The van der Waals surface area contributed by atoms with Crippen molar-refractivity contribution in [1.29, 1.82) is 0 Å². The Kier molecular flexibility index (Phi) is 7.35. The quantitative estimate of drug-likeness (QED) is 0.816. The van der Waals surface area contributed by atoms with E-state index in [1.807, 2.05) is 6.92 Å². The predicted molar refractivity (Wildman–Crippen MR) is 96.5 cm³/mol. The Morgan fingerprint density at radius 3 is 2.57 bits per heavy atom. The van der Waals surface area contributed by atoms with Gasteiger partial charge in [0.05, 0.1) is 6.04 Å². The first-order valence-corrected chi connectivity index (χ1v) is 9.68. The average molecular weight is 324 g/mol. The summed E-state index contributed by atoms with van der Waals surface area (Å²) in [6.45, 7) is 6.60. The van der Waals surface area contributed by atoms with E-state index < -0.39 is 0 Å². The molecule has 1 aliphatic carbocycles. The summed E-state index contributed by atoms with van der Waals surface area (Å²) in [4.78, 5) is 17.2. The van der Waals surface area contributed by atoms with Gasteiger partial charge in [-0.2, -0.15) is 0 Å². The van der Waals surface area contributed by atoms with Crippen LogP contribution >= 0.6 is 0 Å². The monoisotopic (exact) mass is 323 g/mol. The highest BCUT2D eigenvalue weighted by atomic mass is 16.2. The number of hydrogen-bond donors (Lipinski definition) is 1. The summed E-state index contributed by atoms with van der Waals surface area (Å²) in [5.74, 6) is 1.04. The van der Waals surface area contributed by atoms with Gasteiger partial charge in [0.2, 0.25) is 5.91 Å². The second kappa shape index (κ2) is 9.03. The molecule has 134 valence electrons. The second-order valence-corrected chi connectivity index (χ2v) is 8.04. The van der Waals surface area contributed by atoms with E-state index in [0.717, 1.165) is 25.3 Å². The first-order valence-electron chi connectivity index (χ1n) is 9.68. The van der Waals surface area contributed by atoms with Gasteiger partial charge in [0, 0.05) is 18.6 Å². The lowest BCUT2D eigenvalue weighted by Gasteiger charge is -2.35. The molecule has 23 heavy (non-hydrogen) atoms.